The zero-order valence-corrected chi connectivity index (χ0v) is 16.5. The van der Waals surface area contributed by atoms with Gasteiger partial charge in [0.25, 0.3) is 5.91 Å². The number of piperazine rings is 1. The summed E-state index contributed by atoms with van der Waals surface area (Å²) in [5.74, 6) is 0.656. The number of hydrogen-bond donors (Lipinski definition) is 0. The van der Waals surface area contributed by atoms with E-state index in [-0.39, 0.29) is 11.8 Å². The number of piperidine rings is 1. The SMILES string of the molecule is CC(Oc1cccc(C#N)c1)C(=O)N1CCN(CC(=O)N2CCCCC2)CC1. The summed E-state index contributed by atoms with van der Waals surface area (Å²) < 4.78 is 5.73. The van der Waals surface area contributed by atoms with Crippen molar-refractivity contribution < 1.29 is 14.3 Å². The minimum absolute atomic E-state index is 0.0654. The average Bonchev–Trinajstić information content (AvgIpc) is 2.74. The molecule has 2 aliphatic heterocycles. The van der Waals surface area contributed by atoms with Gasteiger partial charge in [0.1, 0.15) is 5.75 Å². The third kappa shape index (κ3) is 5.23. The third-order valence-corrected chi connectivity index (χ3v) is 5.38. The smallest absolute Gasteiger partial charge is 0.263 e. The fourth-order valence-corrected chi connectivity index (χ4v) is 3.71. The highest BCUT2D eigenvalue weighted by Gasteiger charge is 2.28. The van der Waals surface area contributed by atoms with Crippen LogP contribution in [0.1, 0.15) is 31.7 Å². The van der Waals surface area contributed by atoms with E-state index in [0.717, 1.165) is 25.9 Å². The number of carbonyl (C=O) groups is 2. The van der Waals surface area contributed by atoms with Gasteiger partial charge < -0.3 is 14.5 Å². The second-order valence-corrected chi connectivity index (χ2v) is 7.44. The lowest BCUT2D eigenvalue weighted by Crippen LogP contribution is -2.54. The van der Waals surface area contributed by atoms with Crippen molar-refractivity contribution in [1.29, 1.82) is 5.26 Å². The van der Waals surface area contributed by atoms with Crippen LogP contribution in [-0.4, -0.2) is 78.4 Å². The molecule has 2 fully saturated rings. The molecule has 150 valence electrons. The van der Waals surface area contributed by atoms with Gasteiger partial charge in [0, 0.05) is 39.3 Å². The Morgan fingerprint density at radius 2 is 1.79 bits per heavy atom. The summed E-state index contributed by atoms with van der Waals surface area (Å²) in [6.07, 6.45) is 2.80. The van der Waals surface area contributed by atoms with E-state index in [2.05, 4.69) is 11.0 Å². The zero-order valence-electron chi connectivity index (χ0n) is 16.5. The molecule has 1 aromatic carbocycles. The Bertz CT molecular complexity index is 731. The van der Waals surface area contributed by atoms with Gasteiger partial charge in [-0.15, -0.1) is 0 Å². The van der Waals surface area contributed by atoms with Crippen molar-refractivity contribution in [3.05, 3.63) is 29.8 Å². The van der Waals surface area contributed by atoms with Crippen LogP contribution in [0.4, 0.5) is 0 Å². The van der Waals surface area contributed by atoms with Gasteiger partial charge in [0.05, 0.1) is 18.2 Å². The largest absolute Gasteiger partial charge is 0.481 e. The molecule has 0 saturated carbocycles. The van der Waals surface area contributed by atoms with Crippen molar-refractivity contribution in [3.8, 4) is 11.8 Å². The quantitative estimate of drug-likeness (QED) is 0.769. The molecule has 28 heavy (non-hydrogen) atoms. The Labute approximate surface area is 166 Å². The standard InChI is InChI=1S/C21H28N4O3/c1-17(28-19-7-5-6-18(14-19)15-22)21(27)25-12-10-23(11-13-25)16-20(26)24-8-3-2-4-9-24/h5-7,14,17H,2-4,8-13,16H2,1H3. The lowest BCUT2D eigenvalue weighted by atomic mass is 10.1. The van der Waals surface area contributed by atoms with Crippen molar-refractivity contribution >= 4 is 11.8 Å². The van der Waals surface area contributed by atoms with Crippen LogP contribution >= 0.6 is 0 Å². The first-order chi connectivity index (χ1) is 13.6. The highest BCUT2D eigenvalue weighted by molar-refractivity contribution is 5.81. The Balaban J connectivity index is 1.45. The number of benzene rings is 1. The second-order valence-electron chi connectivity index (χ2n) is 7.44. The van der Waals surface area contributed by atoms with Crippen LogP contribution in [0, 0.1) is 11.3 Å². The topological polar surface area (TPSA) is 76.9 Å². The van der Waals surface area contributed by atoms with E-state index >= 15 is 0 Å². The van der Waals surface area contributed by atoms with Crippen LogP contribution in [0.15, 0.2) is 24.3 Å². The molecule has 0 radical (unpaired) electrons. The summed E-state index contributed by atoms with van der Waals surface area (Å²) in [6, 6.07) is 8.88. The highest BCUT2D eigenvalue weighted by Crippen LogP contribution is 2.16. The number of amides is 2. The summed E-state index contributed by atoms with van der Waals surface area (Å²) in [7, 11) is 0. The Morgan fingerprint density at radius 1 is 1.07 bits per heavy atom. The molecule has 0 spiro atoms. The van der Waals surface area contributed by atoms with E-state index in [4.69, 9.17) is 10.00 Å². The predicted octanol–water partition coefficient (Wildman–Crippen LogP) is 1.48. The van der Waals surface area contributed by atoms with E-state index in [1.807, 2.05) is 4.90 Å². The first kappa shape index (κ1) is 20.2. The van der Waals surface area contributed by atoms with Crippen LogP contribution in [0.2, 0.25) is 0 Å². The lowest BCUT2D eigenvalue weighted by Gasteiger charge is -2.36. The molecule has 2 saturated heterocycles. The minimum atomic E-state index is -0.615. The summed E-state index contributed by atoms with van der Waals surface area (Å²) in [5, 5.41) is 8.97. The molecule has 7 heteroatoms. The van der Waals surface area contributed by atoms with Crippen LogP contribution in [-0.2, 0) is 9.59 Å². The normalized spacial score (nSPS) is 19.0. The van der Waals surface area contributed by atoms with Crippen molar-refractivity contribution in [2.75, 3.05) is 45.8 Å². The van der Waals surface area contributed by atoms with Crippen LogP contribution in [0.25, 0.3) is 0 Å². The van der Waals surface area contributed by atoms with Crippen molar-refractivity contribution in [3.63, 3.8) is 0 Å². The Morgan fingerprint density at radius 3 is 2.46 bits per heavy atom. The number of nitrogens with zero attached hydrogens (tertiary/aromatic N) is 4. The summed E-state index contributed by atoms with van der Waals surface area (Å²) in [6.45, 7) is 6.50. The van der Waals surface area contributed by atoms with E-state index in [1.54, 1.807) is 36.1 Å². The Kier molecular flexibility index (Phi) is 6.88. The van der Waals surface area contributed by atoms with Gasteiger partial charge in [0.15, 0.2) is 6.10 Å². The van der Waals surface area contributed by atoms with E-state index in [0.29, 0.717) is 44.0 Å². The molecule has 3 rings (SSSR count). The van der Waals surface area contributed by atoms with Gasteiger partial charge >= 0.3 is 0 Å². The van der Waals surface area contributed by atoms with Crippen molar-refractivity contribution in [2.45, 2.75) is 32.3 Å². The minimum Gasteiger partial charge on any atom is -0.481 e. The molecule has 0 aliphatic carbocycles. The van der Waals surface area contributed by atoms with Gasteiger partial charge in [-0.2, -0.15) is 5.26 Å². The summed E-state index contributed by atoms with van der Waals surface area (Å²) in [4.78, 5) is 31.0. The molecule has 1 unspecified atom stereocenters. The molecule has 0 N–H and O–H groups in total. The highest BCUT2D eigenvalue weighted by atomic mass is 16.5. The first-order valence-corrected chi connectivity index (χ1v) is 10.0. The van der Waals surface area contributed by atoms with E-state index < -0.39 is 6.10 Å². The maximum absolute atomic E-state index is 12.7. The molecule has 0 bridgehead atoms. The predicted molar refractivity (Wildman–Crippen MR) is 105 cm³/mol. The number of carbonyl (C=O) groups excluding carboxylic acids is 2. The summed E-state index contributed by atoms with van der Waals surface area (Å²) in [5.41, 5.74) is 0.504. The number of rotatable bonds is 5. The van der Waals surface area contributed by atoms with Crippen LogP contribution in [0.3, 0.4) is 0 Å². The third-order valence-electron chi connectivity index (χ3n) is 5.38. The first-order valence-electron chi connectivity index (χ1n) is 10.0. The molecular formula is C21H28N4O3. The van der Waals surface area contributed by atoms with Crippen LogP contribution < -0.4 is 4.74 Å². The fourth-order valence-electron chi connectivity index (χ4n) is 3.71. The fraction of sp³-hybridized carbons (Fsp3) is 0.571. The van der Waals surface area contributed by atoms with Crippen LogP contribution in [0.5, 0.6) is 5.75 Å². The van der Waals surface area contributed by atoms with Gasteiger partial charge in [0.2, 0.25) is 5.91 Å². The van der Waals surface area contributed by atoms with Gasteiger partial charge in [-0.3, -0.25) is 14.5 Å². The number of likely N-dealkylation sites (tertiary alicyclic amines) is 1. The average molecular weight is 384 g/mol. The van der Waals surface area contributed by atoms with Gasteiger partial charge in [-0.1, -0.05) is 6.07 Å². The van der Waals surface area contributed by atoms with E-state index in [1.165, 1.54) is 6.42 Å². The molecule has 2 heterocycles. The number of hydrogen-bond acceptors (Lipinski definition) is 5. The van der Waals surface area contributed by atoms with Gasteiger partial charge in [-0.05, 0) is 44.4 Å². The molecule has 0 aromatic heterocycles. The molecule has 7 nitrogen and oxygen atoms in total. The monoisotopic (exact) mass is 384 g/mol. The number of ether oxygens (including phenoxy) is 1. The van der Waals surface area contributed by atoms with Crippen molar-refractivity contribution in [2.24, 2.45) is 0 Å². The Hall–Kier alpha value is -2.59. The molecule has 2 amide bonds. The maximum Gasteiger partial charge on any atom is 0.263 e. The zero-order chi connectivity index (χ0) is 19.9. The van der Waals surface area contributed by atoms with E-state index in [9.17, 15) is 9.59 Å². The number of nitriles is 1. The summed E-state index contributed by atoms with van der Waals surface area (Å²) >= 11 is 0. The molecular weight excluding hydrogens is 356 g/mol. The van der Waals surface area contributed by atoms with Gasteiger partial charge in [-0.25, -0.2) is 0 Å². The molecule has 1 aromatic rings. The molecule has 1 atom stereocenters. The lowest BCUT2D eigenvalue weighted by molar-refractivity contribution is -0.140. The maximum atomic E-state index is 12.7. The molecule has 2 aliphatic rings. The van der Waals surface area contributed by atoms with Crippen molar-refractivity contribution in [1.82, 2.24) is 14.7 Å². The second kappa shape index (κ2) is 9.56.